The highest BCUT2D eigenvalue weighted by molar-refractivity contribution is 6.42. The van der Waals surface area contributed by atoms with Crippen LogP contribution in [0.2, 0.25) is 0 Å². The summed E-state index contributed by atoms with van der Waals surface area (Å²) in [6.07, 6.45) is 0. The zero-order valence-corrected chi connectivity index (χ0v) is 16.1. The molecule has 1 heterocycles. The molecule has 3 N–H and O–H groups in total. The van der Waals surface area contributed by atoms with Crippen molar-refractivity contribution >= 4 is 28.4 Å². The highest BCUT2D eigenvalue weighted by Gasteiger charge is 2.30. The van der Waals surface area contributed by atoms with E-state index in [4.69, 9.17) is 5.73 Å². The van der Waals surface area contributed by atoms with Crippen molar-refractivity contribution in [3.05, 3.63) is 65.6 Å². The van der Waals surface area contributed by atoms with E-state index in [0.717, 1.165) is 5.56 Å². The van der Waals surface area contributed by atoms with E-state index >= 15 is 0 Å². The number of carbonyl (C=O) groups is 2. The van der Waals surface area contributed by atoms with Crippen molar-refractivity contribution in [2.45, 2.75) is 20.4 Å². The molecule has 7 nitrogen and oxygen atoms in total. The minimum Gasteiger partial charge on any atom is -0.395 e. The SMILES string of the molecule is CC(C)(CO)C(=NC(=O)c1nn(Cc2ccc(F)cc2)c2ccccc12)C(N)=O. The minimum absolute atomic E-state index is 0.0650. The Morgan fingerprint density at radius 2 is 1.83 bits per heavy atom. The maximum Gasteiger partial charge on any atom is 0.298 e. The first-order chi connectivity index (χ1) is 13.7. The molecule has 2 amide bonds. The molecule has 0 bridgehead atoms. The average Bonchev–Trinajstić information content (AvgIpc) is 3.06. The van der Waals surface area contributed by atoms with E-state index in [1.54, 1.807) is 48.9 Å². The van der Waals surface area contributed by atoms with Crippen LogP contribution < -0.4 is 5.73 Å². The van der Waals surface area contributed by atoms with Crippen molar-refractivity contribution in [1.29, 1.82) is 0 Å². The summed E-state index contributed by atoms with van der Waals surface area (Å²) in [6, 6.07) is 13.1. The lowest BCUT2D eigenvalue weighted by Crippen LogP contribution is -2.39. The zero-order valence-electron chi connectivity index (χ0n) is 16.1. The molecule has 0 aliphatic heterocycles. The van der Waals surface area contributed by atoms with Crippen molar-refractivity contribution in [3.63, 3.8) is 0 Å². The minimum atomic E-state index is -1.08. The topological polar surface area (TPSA) is 111 Å². The number of rotatable bonds is 6. The molecule has 8 heteroatoms. The molecule has 0 spiro atoms. The fourth-order valence-corrected chi connectivity index (χ4v) is 2.94. The summed E-state index contributed by atoms with van der Waals surface area (Å²) in [5.74, 6) is -1.95. The van der Waals surface area contributed by atoms with E-state index in [2.05, 4.69) is 10.1 Å². The second kappa shape index (κ2) is 7.92. The van der Waals surface area contributed by atoms with Gasteiger partial charge < -0.3 is 10.8 Å². The van der Waals surface area contributed by atoms with Crippen LogP contribution in [0.3, 0.4) is 0 Å². The number of hydrogen-bond donors (Lipinski definition) is 2. The number of benzene rings is 2. The molecule has 29 heavy (non-hydrogen) atoms. The van der Waals surface area contributed by atoms with E-state index in [0.29, 0.717) is 17.4 Å². The van der Waals surface area contributed by atoms with Crippen molar-refractivity contribution in [2.75, 3.05) is 6.61 Å². The number of amides is 2. The molecule has 0 radical (unpaired) electrons. The van der Waals surface area contributed by atoms with Crippen LogP contribution in [0, 0.1) is 11.2 Å². The Morgan fingerprint density at radius 3 is 2.45 bits per heavy atom. The Bertz CT molecular complexity index is 1100. The van der Waals surface area contributed by atoms with Gasteiger partial charge >= 0.3 is 0 Å². The number of carbonyl (C=O) groups excluding carboxylic acids is 2. The maximum absolute atomic E-state index is 13.2. The van der Waals surface area contributed by atoms with Crippen molar-refractivity contribution in [1.82, 2.24) is 9.78 Å². The molecule has 2 aromatic carbocycles. The number of nitrogens with two attached hydrogens (primary N) is 1. The summed E-state index contributed by atoms with van der Waals surface area (Å²) < 4.78 is 14.8. The number of hydrogen-bond acceptors (Lipinski definition) is 4. The van der Waals surface area contributed by atoms with Gasteiger partial charge in [0.1, 0.15) is 11.5 Å². The monoisotopic (exact) mass is 396 g/mol. The highest BCUT2D eigenvalue weighted by Crippen LogP contribution is 2.22. The van der Waals surface area contributed by atoms with Crippen LogP contribution in [0.5, 0.6) is 0 Å². The van der Waals surface area contributed by atoms with Gasteiger partial charge in [-0.25, -0.2) is 9.38 Å². The number of primary amides is 1. The van der Waals surface area contributed by atoms with E-state index in [1.165, 1.54) is 12.1 Å². The lowest BCUT2D eigenvalue weighted by Gasteiger charge is -2.21. The summed E-state index contributed by atoms with van der Waals surface area (Å²) in [5.41, 5.74) is 5.64. The lowest BCUT2D eigenvalue weighted by molar-refractivity contribution is -0.112. The fraction of sp³-hybridized carbons (Fsp3) is 0.238. The normalized spacial score (nSPS) is 12.3. The van der Waals surface area contributed by atoms with Crippen LogP contribution in [-0.2, 0) is 11.3 Å². The molecular formula is C21H21FN4O3. The second-order valence-corrected chi connectivity index (χ2v) is 7.32. The third-order valence-corrected chi connectivity index (χ3v) is 4.59. The summed E-state index contributed by atoms with van der Waals surface area (Å²) in [6.45, 7) is 3.05. The van der Waals surface area contributed by atoms with Crippen LogP contribution in [-0.4, -0.2) is 39.0 Å². The number of aromatic nitrogens is 2. The Balaban J connectivity index is 2.05. The van der Waals surface area contributed by atoms with Crippen molar-refractivity contribution in [3.8, 4) is 0 Å². The molecule has 0 aliphatic rings. The standard InChI is InChI=1S/C21H21FN4O3/c1-21(2,12-27)18(19(23)28)24-20(29)17-15-5-3-4-6-16(15)26(25-17)11-13-7-9-14(22)10-8-13/h3-10,27H,11-12H2,1-2H3,(H2,23,28). The number of aliphatic imine (C=N–C) groups is 1. The van der Waals surface area contributed by atoms with Gasteiger partial charge in [-0.05, 0) is 23.8 Å². The number of aliphatic hydroxyl groups is 1. The number of halogens is 1. The second-order valence-electron chi connectivity index (χ2n) is 7.32. The van der Waals surface area contributed by atoms with Gasteiger partial charge in [-0.3, -0.25) is 14.3 Å². The van der Waals surface area contributed by atoms with Gasteiger partial charge in [-0.1, -0.05) is 44.2 Å². The van der Waals surface area contributed by atoms with Crippen molar-refractivity contribution < 1.29 is 19.1 Å². The van der Waals surface area contributed by atoms with E-state index in [1.807, 2.05) is 6.07 Å². The largest absolute Gasteiger partial charge is 0.395 e. The van der Waals surface area contributed by atoms with Crippen LogP contribution in [0.25, 0.3) is 10.9 Å². The van der Waals surface area contributed by atoms with Gasteiger partial charge in [0.25, 0.3) is 11.8 Å². The molecule has 150 valence electrons. The number of nitrogens with zero attached hydrogens (tertiary/aromatic N) is 3. The molecule has 0 saturated heterocycles. The average molecular weight is 396 g/mol. The Kier molecular flexibility index (Phi) is 5.56. The van der Waals surface area contributed by atoms with E-state index in [-0.39, 0.29) is 17.2 Å². The van der Waals surface area contributed by atoms with E-state index in [9.17, 15) is 19.1 Å². The molecule has 0 aliphatic carbocycles. The summed E-state index contributed by atoms with van der Waals surface area (Å²) in [4.78, 5) is 28.5. The van der Waals surface area contributed by atoms with Crippen molar-refractivity contribution in [2.24, 2.45) is 16.1 Å². The lowest BCUT2D eigenvalue weighted by atomic mass is 9.88. The third-order valence-electron chi connectivity index (χ3n) is 4.59. The molecule has 0 saturated carbocycles. The first-order valence-electron chi connectivity index (χ1n) is 8.97. The smallest absolute Gasteiger partial charge is 0.298 e. The molecule has 3 rings (SSSR count). The predicted octanol–water partition coefficient (Wildman–Crippen LogP) is 2.31. The Hall–Kier alpha value is -3.39. The van der Waals surface area contributed by atoms with E-state index < -0.39 is 23.8 Å². The Morgan fingerprint density at radius 1 is 1.17 bits per heavy atom. The van der Waals surface area contributed by atoms with Crippen LogP contribution in [0.1, 0.15) is 29.9 Å². The quantitative estimate of drug-likeness (QED) is 0.623. The number of para-hydroxylation sites is 1. The van der Waals surface area contributed by atoms with Gasteiger partial charge in [0, 0.05) is 10.8 Å². The van der Waals surface area contributed by atoms with Crippen LogP contribution in [0.15, 0.2) is 53.5 Å². The fourth-order valence-electron chi connectivity index (χ4n) is 2.94. The van der Waals surface area contributed by atoms with Gasteiger partial charge in [-0.15, -0.1) is 0 Å². The van der Waals surface area contributed by atoms with Gasteiger partial charge in [0.2, 0.25) is 0 Å². The first kappa shape index (κ1) is 20.3. The number of fused-ring (bicyclic) bond motifs is 1. The van der Waals surface area contributed by atoms with Gasteiger partial charge in [0.05, 0.1) is 18.7 Å². The van der Waals surface area contributed by atoms with Crippen LogP contribution in [0.4, 0.5) is 4.39 Å². The molecule has 3 aromatic rings. The molecule has 0 atom stereocenters. The number of aliphatic hydroxyl groups excluding tert-OH is 1. The summed E-state index contributed by atoms with van der Waals surface area (Å²) in [7, 11) is 0. The molecule has 0 fully saturated rings. The predicted molar refractivity (Wildman–Crippen MR) is 107 cm³/mol. The molecular weight excluding hydrogens is 375 g/mol. The molecule has 1 aromatic heterocycles. The summed E-state index contributed by atoms with van der Waals surface area (Å²) >= 11 is 0. The highest BCUT2D eigenvalue weighted by atomic mass is 19.1. The third kappa shape index (κ3) is 4.22. The van der Waals surface area contributed by atoms with Crippen LogP contribution >= 0.6 is 0 Å². The molecule has 0 unspecified atom stereocenters. The van der Waals surface area contributed by atoms with Gasteiger partial charge in [-0.2, -0.15) is 5.10 Å². The summed E-state index contributed by atoms with van der Waals surface area (Å²) in [5, 5.41) is 14.5. The zero-order chi connectivity index (χ0) is 21.2. The maximum atomic E-state index is 13.2. The Labute approximate surface area is 166 Å². The first-order valence-corrected chi connectivity index (χ1v) is 8.97. The van der Waals surface area contributed by atoms with Gasteiger partial charge in [0.15, 0.2) is 5.69 Å².